The molecular weight excluding hydrogens is 236 g/mol. The second kappa shape index (κ2) is 5.95. The summed E-state index contributed by atoms with van der Waals surface area (Å²) < 4.78 is 2.06. The van der Waals surface area contributed by atoms with Crippen LogP contribution in [0.25, 0.3) is 0 Å². The summed E-state index contributed by atoms with van der Waals surface area (Å²) in [7, 11) is 2.07. The van der Waals surface area contributed by atoms with E-state index in [9.17, 15) is 0 Å². The molecule has 1 aromatic rings. The Hall–Kier alpha value is -1.03. The van der Waals surface area contributed by atoms with Gasteiger partial charge in [-0.05, 0) is 19.3 Å². The quantitative estimate of drug-likeness (QED) is 0.887. The molecule has 1 atom stereocenters. The van der Waals surface area contributed by atoms with Crippen LogP contribution in [0, 0.1) is 12.8 Å². The molecule has 1 N–H and O–H groups in total. The van der Waals surface area contributed by atoms with Gasteiger partial charge in [0.15, 0.2) is 0 Å². The van der Waals surface area contributed by atoms with Gasteiger partial charge in [-0.3, -0.25) is 4.68 Å². The summed E-state index contributed by atoms with van der Waals surface area (Å²) in [6, 6.07) is 0.509. The van der Waals surface area contributed by atoms with Crippen LogP contribution < -0.4 is 10.2 Å². The maximum absolute atomic E-state index is 4.62. The molecule has 1 saturated heterocycles. The number of hydrogen-bond acceptors (Lipinski definition) is 3. The lowest BCUT2D eigenvalue weighted by atomic mass is 10.1. The van der Waals surface area contributed by atoms with E-state index in [1.165, 1.54) is 37.3 Å². The van der Waals surface area contributed by atoms with Crippen molar-refractivity contribution in [2.24, 2.45) is 13.0 Å². The Morgan fingerprint density at radius 1 is 1.42 bits per heavy atom. The highest BCUT2D eigenvalue weighted by Gasteiger charge is 2.26. The van der Waals surface area contributed by atoms with Gasteiger partial charge in [0.2, 0.25) is 0 Å². The first kappa shape index (κ1) is 14.4. The van der Waals surface area contributed by atoms with Crippen LogP contribution in [0.4, 0.5) is 5.82 Å². The predicted molar refractivity (Wildman–Crippen MR) is 80.5 cm³/mol. The first-order chi connectivity index (χ1) is 9.02. The van der Waals surface area contributed by atoms with Gasteiger partial charge in [0, 0.05) is 38.3 Å². The smallest absolute Gasteiger partial charge is 0.131 e. The van der Waals surface area contributed by atoms with Crippen LogP contribution in [-0.2, 0) is 13.6 Å². The zero-order chi connectivity index (χ0) is 14.0. The minimum Gasteiger partial charge on any atom is -0.356 e. The number of aromatic nitrogens is 2. The van der Waals surface area contributed by atoms with Gasteiger partial charge >= 0.3 is 0 Å². The zero-order valence-corrected chi connectivity index (χ0v) is 13.0. The van der Waals surface area contributed by atoms with Crippen molar-refractivity contribution in [2.75, 3.05) is 18.0 Å². The molecule has 2 rings (SSSR count). The Kier molecular flexibility index (Phi) is 4.50. The third kappa shape index (κ3) is 3.11. The fourth-order valence-electron chi connectivity index (χ4n) is 2.96. The van der Waals surface area contributed by atoms with E-state index in [2.05, 4.69) is 54.7 Å². The van der Waals surface area contributed by atoms with Crippen molar-refractivity contribution >= 4 is 5.82 Å². The van der Waals surface area contributed by atoms with Gasteiger partial charge in [0.1, 0.15) is 5.82 Å². The van der Waals surface area contributed by atoms with E-state index in [1.807, 2.05) is 0 Å². The van der Waals surface area contributed by atoms with Crippen molar-refractivity contribution in [1.29, 1.82) is 0 Å². The molecule has 2 heterocycles. The summed E-state index contributed by atoms with van der Waals surface area (Å²) >= 11 is 0. The molecule has 1 unspecified atom stereocenters. The Morgan fingerprint density at radius 3 is 2.74 bits per heavy atom. The molecule has 4 nitrogen and oxygen atoms in total. The molecule has 0 aromatic carbocycles. The maximum atomic E-state index is 4.62. The topological polar surface area (TPSA) is 33.1 Å². The average Bonchev–Trinajstić information content (AvgIpc) is 2.91. The van der Waals surface area contributed by atoms with E-state index >= 15 is 0 Å². The Bertz CT molecular complexity index is 422. The lowest BCUT2D eigenvalue weighted by Crippen LogP contribution is -2.26. The van der Waals surface area contributed by atoms with Crippen LogP contribution >= 0.6 is 0 Å². The fraction of sp³-hybridized carbons (Fsp3) is 0.800. The first-order valence-electron chi connectivity index (χ1n) is 7.53. The van der Waals surface area contributed by atoms with Crippen LogP contribution in [0.1, 0.15) is 44.9 Å². The highest BCUT2D eigenvalue weighted by molar-refractivity contribution is 5.51. The lowest BCUT2D eigenvalue weighted by Gasteiger charge is -2.21. The molecule has 1 aliphatic rings. The van der Waals surface area contributed by atoms with Crippen molar-refractivity contribution in [3.63, 3.8) is 0 Å². The Morgan fingerprint density at radius 2 is 2.16 bits per heavy atom. The van der Waals surface area contributed by atoms with Crippen molar-refractivity contribution in [2.45, 2.75) is 53.1 Å². The second-order valence-corrected chi connectivity index (χ2v) is 6.06. The molecule has 1 aliphatic heterocycles. The summed E-state index contributed by atoms with van der Waals surface area (Å²) in [5.74, 6) is 2.17. The zero-order valence-electron chi connectivity index (χ0n) is 13.0. The Labute approximate surface area is 117 Å². The van der Waals surface area contributed by atoms with Gasteiger partial charge in [-0.1, -0.05) is 27.2 Å². The highest BCUT2D eigenvalue weighted by atomic mass is 15.4. The number of nitrogens with zero attached hydrogens (tertiary/aromatic N) is 3. The molecule has 4 heteroatoms. The van der Waals surface area contributed by atoms with E-state index in [1.54, 1.807) is 0 Å². The molecule has 108 valence electrons. The van der Waals surface area contributed by atoms with E-state index < -0.39 is 0 Å². The minimum absolute atomic E-state index is 0.509. The second-order valence-electron chi connectivity index (χ2n) is 6.06. The molecule has 0 aliphatic carbocycles. The summed E-state index contributed by atoms with van der Waals surface area (Å²) in [6.45, 7) is 12.1. The molecule has 0 spiro atoms. The lowest BCUT2D eigenvalue weighted by molar-refractivity contribution is 0.566. The highest BCUT2D eigenvalue weighted by Crippen LogP contribution is 2.29. The number of hydrogen-bond donors (Lipinski definition) is 1. The van der Waals surface area contributed by atoms with Gasteiger partial charge in [-0.2, -0.15) is 5.10 Å². The molecule has 1 fully saturated rings. The average molecular weight is 264 g/mol. The van der Waals surface area contributed by atoms with Crippen LogP contribution in [-0.4, -0.2) is 28.9 Å². The standard InChI is InChI=1S/C15H28N4/c1-6-13-7-8-19(10-13)15-14(9-16-11(2)3)12(4)17-18(15)5/h11,13,16H,6-10H2,1-5H3. The largest absolute Gasteiger partial charge is 0.356 e. The normalized spacial score (nSPS) is 19.7. The maximum Gasteiger partial charge on any atom is 0.131 e. The van der Waals surface area contributed by atoms with Gasteiger partial charge in [-0.15, -0.1) is 0 Å². The Balaban J connectivity index is 2.19. The summed E-state index contributed by atoms with van der Waals surface area (Å²) in [5, 5.41) is 8.14. The number of nitrogens with one attached hydrogen (secondary N) is 1. The molecule has 0 amide bonds. The summed E-state index contributed by atoms with van der Waals surface area (Å²) in [4.78, 5) is 2.52. The van der Waals surface area contributed by atoms with E-state index in [0.29, 0.717) is 6.04 Å². The third-order valence-electron chi connectivity index (χ3n) is 4.16. The third-order valence-corrected chi connectivity index (χ3v) is 4.16. The van der Waals surface area contributed by atoms with E-state index in [-0.39, 0.29) is 0 Å². The molecular formula is C15H28N4. The number of anilines is 1. The van der Waals surface area contributed by atoms with Crippen LogP contribution in [0.5, 0.6) is 0 Å². The number of aryl methyl sites for hydroxylation is 2. The van der Waals surface area contributed by atoms with E-state index in [0.717, 1.165) is 18.2 Å². The summed E-state index contributed by atoms with van der Waals surface area (Å²) in [5.41, 5.74) is 2.53. The van der Waals surface area contributed by atoms with Crippen molar-refractivity contribution < 1.29 is 0 Å². The monoisotopic (exact) mass is 264 g/mol. The molecule has 19 heavy (non-hydrogen) atoms. The SMILES string of the molecule is CCC1CCN(c2c(CNC(C)C)c(C)nn2C)C1. The van der Waals surface area contributed by atoms with Crippen molar-refractivity contribution in [3.05, 3.63) is 11.3 Å². The molecule has 0 radical (unpaired) electrons. The van der Waals surface area contributed by atoms with Crippen LogP contribution in [0.3, 0.4) is 0 Å². The first-order valence-corrected chi connectivity index (χ1v) is 7.53. The summed E-state index contributed by atoms with van der Waals surface area (Å²) in [6.07, 6.45) is 2.60. The van der Waals surface area contributed by atoms with Gasteiger partial charge in [0.25, 0.3) is 0 Å². The molecule has 0 saturated carbocycles. The van der Waals surface area contributed by atoms with Gasteiger partial charge in [-0.25, -0.2) is 0 Å². The van der Waals surface area contributed by atoms with Crippen LogP contribution in [0.15, 0.2) is 0 Å². The van der Waals surface area contributed by atoms with Gasteiger partial charge in [0.05, 0.1) is 5.69 Å². The van der Waals surface area contributed by atoms with E-state index in [4.69, 9.17) is 0 Å². The van der Waals surface area contributed by atoms with Crippen molar-refractivity contribution in [3.8, 4) is 0 Å². The minimum atomic E-state index is 0.509. The fourth-order valence-corrected chi connectivity index (χ4v) is 2.96. The predicted octanol–water partition coefficient (Wildman–Crippen LogP) is 2.46. The van der Waals surface area contributed by atoms with Gasteiger partial charge < -0.3 is 10.2 Å². The molecule has 0 bridgehead atoms. The molecule has 1 aromatic heterocycles. The van der Waals surface area contributed by atoms with Crippen LogP contribution in [0.2, 0.25) is 0 Å². The number of rotatable bonds is 5. The van der Waals surface area contributed by atoms with Crippen molar-refractivity contribution in [1.82, 2.24) is 15.1 Å².